The highest BCUT2D eigenvalue weighted by Gasteiger charge is 2.24. The van der Waals surface area contributed by atoms with Crippen LogP contribution >= 0.6 is 0 Å². The molecule has 2 heterocycles. The van der Waals surface area contributed by atoms with Crippen molar-refractivity contribution >= 4 is 11.4 Å². The van der Waals surface area contributed by atoms with Gasteiger partial charge < -0.3 is 9.80 Å². The van der Waals surface area contributed by atoms with Crippen molar-refractivity contribution < 1.29 is 0 Å². The Kier molecular flexibility index (Phi) is 4.75. The second kappa shape index (κ2) is 6.96. The minimum Gasteiger partial charge on any atom is -0.374 e. The van der Waals surface area contributed by atoms with Gasteiger partial charge in [0.15, 0.2) is 0 Å². The Hall–Kier alpha value is -2.48. The van der Waals surface area contributed by atoms with E-state index in [0.29, 0.717) is 12.0 Å². The molecule has 2 heteroatoms. The van der Waals surface area contributed by atoms with Gasteiger partial charge in [-0.05, 0) is 42.5 Å². The monoisotopic (exact) mass is 318 g/mol. The normalized spacial score (nSPS) is 18.6. The SMILES string of the molecule is CC1C=CC=CN1C.CC1c2ccccc2N(C)c2ccccc21. The predicted molar refractivity (Wildman–Crippen MR) is 104 cm³/mol. The standard InChI is InChI=1S/C15H15N.C7H11N/c1-11-12-7-3-5-9-14(12)16(2)15-10-6-4-8-13(11)15;1-7-5-3-4-6-8(7)2/h3-11H,1-2H3;3-7H,1-2H3. The van der Waals surface area contributed by atoms with Crippen molar-refractivity contribution in [1.29, 1.82) is 0 Å². The largest absolute Gasteiger partial charge is 0.374 e. The second-order valence-electron chi connectivity index (χ2n) is 6.53. The lowest BCUT2D eigenvalue weighted by Crippen LogP contribution is -2.22. The summed E-state index contributed by atoms with van der Waals surface area (Å²) in [4.78, 5) is 4.45. The number of anilines is 2. The molecule has 4 rings (SSSR count). The van der Waals surface area contributed by atoms with E-state index in [1.807, 2.05) is 6.08 Å². The van der Waals surface area contributed by atoms with Gasteiger partial charge in [-0.1, -0.05) is 55.5 Å². The van der Waals surface area contributed by atoms with E-state index < -0.39 is 0 Å². The molecule has 0 saturated heterocycles. The van der Waals surface area contributed by atoms with Crippen LogP contribution in [0.15, 0.2) is 73.0 Å². The molecule has 0 aromatic heterocycles. The van der Waals surface area contributed by atoms with E-state index in [1.54, 1.807) is 0 Å². The molecule has 0 amide bonds. The van der Waals surface area contributed by atoms with E-state index in [-0.39, 0.29) is 0 Å². The van der Waals surface area contributed by atoms with E-state index in [4.69, 9.17) is 0 Å². The highest BCUT2D eigenvalue weighted by molar-refractivity contribution is 5.75. The molecule has 24 heavy (non-hydrogen) atoms. The molecule has 2 aromatic carbocycles. The van der Waals surface area contributed by atoms with Crippen molar-refractivity contribution in [1.82, 2.24) is 4.90 Å². The molecule has 2 aliphatic heterocycles. The number of benzene rings is 2. The van der Waals surface area contributed by atoms with Crippen molar-refractivity contribution in [3.63, 3.8) is 0 Å². The molecule has 1 atom stereocenters. The van der Waals surface area contributed by atoms with Crippen LogP contribution in [0, 0.1) is 0 Å². The molecule has 0 radical (unpaired) electrons. The van der Waals surface area contributed by atoms with Crippen LogP contribution in [0.5, 0.6) is 0 Å². The highest BCUT2D eigenvalue weighted by Crippen LogP contribution is 2.43. The fraction of sp³-hybridized carbons (Fsp3) is 0.273. The zero-order valence-corrected chi connectivity index (χ0v) is 15.0. The molecular weight excluding hydrogens is 292 g/mol. The molecule has 1 unspecified atom stereocenters. The Morgan fingerprint density at radius 3 is 1.75 bits per heavy atom. The summed E-state index contributed by atoms with van der Waals surface area (Å²) in [6.45, 7) is 4.45. The highest BCUT2D eigenvalue weighted by atomic mass is 15.1. The van der Waals surface area contributed by atoms with Gasteiger partial charge in [0.25, 0.3) is 0 Å². The van der Waals surface area contributed by atoms with E-state index in [2.05, 4.69) is 105 Å². The zero-order valence-electron chi connectivity index (χ0n) is 15.0. The number of likely N-dealkylation sites (N-methyl/N-ethyl adjacent to an activating group) is 1. The smallest absolute Gasteiger partial charge is 0.0446 e. The van der Waals surface area contributed by atoms with Gasteiger partial charge in [-0.2, -0.15) is 0 Å². The topological polar surface area (TPSA) is 6.48 Å². The first-order valence-electron chi connectivity index (χ1n) is 8.58. The molecule has 0 aliphatic carbocycles. The first-order chi connectivity index (χ1) is 11.6. The average Bonchev–Trinajstić information content (AvgIpc) is 2.63. The fourth-order valence-corrected chi connectivity index (χ4v) is 3.30. The maximum absolute atomic E-state index is 2.28. The van der Waals surface area contributed by atoms with E-state index in [1.165, 1.54) is 22.5 Å². The molecule has 0 fully saturated rings. The van der Waals surface area contributed by atoms with E-state index in [9.17, 15) is 0 Å². The third-order valence-electron chi connectivity index (χ3n) is 4.99. The van der Waals surface area contributed by atoms with Crippen LogP contribution in [0.3, 0.4) is 0 Å². The van der Waals surface area contributed by atoms with Gasteiger partial charge in [0.2, 0.25) is 0 Å². The summed E-state index contributed by atoms with van der Waals surface area (Å²) < 4.78 is 0. The number of para-hydroxylation sites is 2. The number of rotatable bonds is 0. The molecule has 2 aliphatic rings. The molecule has 0 saturated carbocycles. The minimum absolute atomic E-state index is 0.489. The van der Waals surface area contributed by atoms with Crippen molar-refractivity contribution in [3.8, 4) is 0 Å². The first-order valence-corrected chi connectivity index (χ1v) is 8.58. The summed E-state index contributed by atoms with van der Waals surface area (Å²) in [5.74, 6) is 0.489. The Morgan fingerprint density at radius 2 is 1.29 bits per heavy atom. The molecule has 2 aromatic rings. The van der Waals surface area contributed by atoms with Crippen molar-refractivity contribution in [2.45, 2.75) is 25.8 Å². The average molecular weight is 318 g/mol. The lowest BCUT2D eigenvalue weighted by molar-refractivity contribution is 0.403. The van der Waals surface area contributed by atoms with Crippen LogP contribution in [0.25, 0.3) is 0 Å². The zero-order chi connectivity index (χ0) is 17.1. The van der Waals surface area contributed by atoms with Gasteiger partial charge in [-0.15, -0.1) is 0 Å². The predicted octanol–water partition coefficient (Wildman–Crippen LogP) is 5.31. The quantitative estimate of drug-likeness (QED) is 0.649. The summed E-state index contributed by atoms with van der Waals surface area (Å²) in [5, 5.41) is 0. The first kappa shape index (κ1) is 16.4. The van der Waals surface area contributed by atoms with Gasteiger partial charge in [0.05, 0.1) is 0 Å². The lowest BCUT2D eigenvalue weighted by atomic mass is 9.86. The van der Waals surface area contributed by atoms with E-state index in [0.717, 1.165) is 0 Å². The molecule has 2 nitrogen and oxygen atoms in total. The van der Waals surface area contributed by atoms with Crippen LogP contribution in [-0.4, -0.2) is 25.0 Å². The Morgan fingerprint density at radius 1 is 0.750 bits per heavy atom. The Labute approximate surface area is 145 Å². The van der Waals surface area contributed by atoms with Crippen molar-refractivity contribution in [3.05, 3.63) is 84.1 Å². The molecule has 0 N–H and O–H groups in total. The number of hydrogen-bond acceptors (Lipinski definition) is 2. The summed E-state index contributed by atoms with van der Waals surface area (Å²) in [7, 11) is 4.22. The fourth-order valence-electron chi connectivity index (χ4n) is 3.30. The van der Waals surface area contributed by atoms with Crippen LogP contribution in [-0.2, 0) is 0 Å². The van der Waals surface area contributed by atoms with Crippen LogP contribution < -0.4 is 4.90 Å². The van der Waals surface area contributed by atoms with Crippen molar-refractivity contribution in [2.24, 2.45) is 0 Å². The minimum atomic E-state index is 0.489. The van der Waals surface area contributed by atoms with Crippen molar-refractivity contribution in [2.75, 3.05) is 19.0 Å². The van der Waals surface area contributed by atoms with E-state index >= 15 is 0 Å². The summed E-state index contributed by atoms with van der Waals surface area (Å²) in [5.41, 5.74) is 5.50. The number of hydrogen-bond donors (Lipinski definition) is 0. The maximum Gasteiger partial charge on any atom is 0.0446 e. The Balaban J connectivity index is 0.000000179. The Bertz CT molecular complexity index is 649. The molecule has 0 bridgehead atoms. The van der Waals surface area contributed by atoms with Gasteiger partial charge in [0, 0.05) is 37.4 Å². The van der Waals surface area contributed by atoms with Gasteiger partial charge in [0.1, 0.15) is 0 Å². The summed E-state index contributed by atoms with van der Waals surface area (Å²) in [6.07, 6.45) is 8.36. The third-order valence-corrected chi connectivity index (χ3v) is 4.99. The number of allylic oxidation sites excluding steroid dienone is 2. The summed E-state index contributed by atoms with van der Waals surface area (Å²) in [6, 6.07) is 17.9. The van der Waals surface area contributed by atoms with Gasteiger partial charge in [-0.3, -0.25) is 0 Å². The number of fused-ring (bicyclic) bond motifs is 2. The van der Waals surface area contributed by atoms with Crippen LogP contribution in [0.1, 0.15) is 30.9 Å². The lowest BCUT2D eigenvalue weighted by Gasteiger charge is -2.33. The van der Waals surface area contributed by atoms with Gasteiger partial charge in [-0.25, -0.2) is 0 Å². The third kappa shape index (κ3) is 3.09. The molecule has 0 spiro atoms. The molecular formula is C22H26N2. The van der Waals surface area contributed by atoms with Gasteiger partial charge >= 0.3 is 0 Å². The second-order valence-corrected chi connectivity index (χ2v) is 6.53. The van der Waals surface area contributed by atoms with Crippen LogP contribution in [0.4, 0.5) is 11.4 Å². The maximum atomic E-state index is 2.28. The molecule has 124 valence electrons. The number of nitrogens with zero attached hydrogens (tertiary/aromatic N) is 2. The summed E-state index contributed by atoms with van der Waals surface area (Å²) >= 11 is 0. The van der Waals surface area contributed by atoms with Crippen LogP contribution in [0.2, 0.25) is 0 Å².